The Morgan fingerprint density at radius 2 is 1.83 bits per heavy atom. The van der Waals surface area contributed by atoms with Gasteiger partial charge < -0.3 is 0 Å². The van der Waals surface area contributed by atoms with Crippen LogP contribution in [-0.2, 0) is 10.0 Å². The molecule has 0 radical (unpaired) electrons. The van der Waals surface area contributed by atoms with Crippen molar-refractivity contribution in [2.75, 3.05) is 19.0 Å². The summed E-state index contributed by atoms with van der Waals surface area (Å²) in [4.78, 5) is 0.134. The molecule has 100 valence electrons. The van der Waals surface area contributed by atoms with E-state index in [1.54, 1.807) is 0 Å². The molecule has 0 saturated carbocycles. The second-order valence-corrected chi connectivity index (χ2v) is 7.40. The second-order valence-electron chi connectivity index (χ2n) is 4.28. The van der Waals surface area contributed by atoms with Gasteiger partial charge in [0.2, 0.25) is 10.0 Å². The van der Waals surface area contributed by atoms with Gasteiger partial charge in [0.15, 0.2) is 0 Å². The maximum Gasteiger partial charge on any atom is 0.243 e. The van der Waals surface area contributed by atoms with Gasteiger partial charge in [0.25, 0.3) is 0 Å². The molecule has 1 aromatic rings. The average Bonchev–Trinajstić information content (AvgIpc) is 2.76. The first kappa shape index (κ1) is 14.4. The molecule has 1 saturated heterocycles. The number of rotatable bonds is 3. The van der Waals surface area contributed by atoms with Crippen LogP contribution in [0.1, 0.15) is 6.42 Å². The lowest BCUT2D eigenvalue weighted by Crippen LogP contribution is -2.29. The van der Waals surface area contributed by atoms with E-state index in [-0.39, 0.29) is 10.8 Å². The maximum absolute atomic E-state index is 12.4. The van der Waals surface area contributed by atoms with Crippen LogP contribution in [0.4, 0.5) is 0 Å². The van der Waals surface area contributed by atoms with Crippen LogP contribution in [0.25, 0.3) is 0 Å². The van der Waals surface area contributed by atoms with Gasteiger partial charge in [-0.15, -0.1) is 11.6 Å². The highest BCUT2D eigenvalue weighted by atomic mass is 35.5. The molecule has 1 aliphatic heterocycles. The van der Waals surface area contributed by atoms with E-state index in [0.29, 0.717) is 29.0 Å². The molecule has 0 amide bonds. The molecule has 1 fully saturated rings. The van der Waals surface area contributed by atoms with Crippen LogP contribution >= 0.6 is 34.8 Å². The van der Waals surface area contributed by atoms with Crippen LogP contribution in [0.3, 0.4) is 0 Å². The van der Waals surface area contributed by atoms with Crippen LogP contribution in [0.2, 0.25) is 10.0 Å². The summed E-state index contributed by atoms with van der Waals surface area (Å²) in [6.07, 6.45) is 0.789. The first-order valence-electron chi connectivity index (χ1n) is 5.45. The minimum atomic E-state index is -3.52. The smallest absolute Gasteiger partial charge is 0.207 e. The third-order valence-corrected chi connectivity index (χ3v) is 5.66. The minimum Gasteiger partial charge on any atom is -0.207 e. The molecule has 0 aromatic heterocycles. The Bertz CT molecular complexity index is 527. The zero-order valence-electron chi connectivity index (χ0n) is 9.44. The molecule has 0 bridgehead atoms. The topological polar surface area (TPSA) is 37.4 Å². The van der Waals surface area contributed by atoms with Gasteiger partial charge in [-0.25, -0.2) is 8.42 Å². The number of sulfonamides is 1. The van der Waals surface area contributed by atoms with Crippen molar-refractivity contribution in [2.45, 2.75) is 11.3 Å². The van der Waals surface area contributed by atoms with E-state index in [9.17, 15) is 8.42 Å². The van der Waals surface area contributed by atoms with Crippen molar-refractivity contribution in [3.8, 4) is 0 Å². The van der Waals surface area contributed by atoms with Crippen molar-refractivity contribution in [1.82, 2.24) is 4.31 Å². The van der Waals surface area contributed by atoms with Gasteiger partial charge in [-0.05, 0) is 30.5 Å². The normalized spacial score (nSPS) is 21.4. The van der Waals surface area contributed by atoms with Crippen LogP contribution in [-0.4, -0.2) is 31.7 Å². The molecule has 1 heterocycles. The lowest BCUT2D eigenvalue weighted by atomic mass is 10.2. The number of nitrogens with zero attached hydrogens (tertiary/aromatic N) is 1. The van der Waals surface area contributed by atoms with Gasteiger partial charge in [-0.1, -0.05) is 23.2 Å². The molecule has 2 rings (SSSR count). The highest BCUT2D eigenvalue weighted by Gasteiger charge is 2.32. The van der Waals surface area contributed by atoms with Crippen molar-refractivity contribution in [3.63, 3.8) is 0 Å². The van der Waals surface area contributed by atoms with Gasteiger partial charge >= 0.3 is 0 Å². The van der Waals surface area contributed by atoms with Crippen LogP contribution < -0.4 is 0 Å². The summed E-state index contributed by atoms with van der Waals surface area (Å²) in [7, 11) is -3.52. The maximum atomic E-state index is 12.4. The number of alkyl halides is 1. The third kappa shape index (κ3) is 2.94. The van der Waals surface area contributed by atoms with E-state index in [1.807, 2.05) is 0 Å². The first-order valence-corrected chi connectivity index (χ1v) is 8.19. The van der Waals surface area contributed by atoms with Crippen molar-refractivity contribution < 1.29 is 8.42 Å². The van der Waals surface area contributed by atoms with E-state index >= 15 is 0 Å². The fraction of sp³-hybridized carbons (Fsp3) is 0.455. The minimum absolute atomic E-state index is 0.134. The van der Waals surface area contributed by atoms with Crippen molar-refractivity contribution >= 4 is 44.8 Å². The molecular weight excluding hydrogens is 317 g/mol. The Labute approximate surface area is 122 Å². The number of benzene rings is 1. The Morgan fingerprint density at radius 3 is 2.33 bits per heavy atom. The molecule has 0 N–H and O–H groups in total. The molecular formula is C11H12Cl3NO2S. The Kier molecular flexibility index (Phi) is 4.44. The van der Waals surface area contributed by atoms with Crippen molar-refractivity contribution in [1.29, 1.82) is 0 Å². The Hall–Kier alpha value is -0.000000000000000111. The summed E-state index contributed by atoms with van der Waals surface area (Å²) in [5.41, 5.74) is 0. The van der Waals surface area contributed by atoms with E-state index in [2.05, 4.69) is 0 Å². The second kappa shape index (κ2) is 5.55. The summed E-state index contributed by atoms with van der Waals surface area (Å²) in [5, 5.41) is 0.628. The first-order chi connectivity index (χ1) is 8.43. The van der Waals surface area contributed by atoms with E-state index in [0.717, 1.165) is 6.42 Å². The molecule has 18 heavy (non-hydrogen) atoms. The monoisotopic (exact) mass is 327 g/mol. The molecule has 3 nitrogen and oxygen atoms in total. The standard InChI is InChI=1S/C11H12Cl3NO2S/c12-6-8-1-2-15(7-8)18(16,17)11-4-9(13)3-10(14)5-11/h3-5,8H,1-2,6-7H2. The summed E-state index contributed by atoms with van der Waals surface area (Å²) >= 11 is 17.4. The predicted molar refractivity (Wildman–Crippen MR) is 74.0 cm³/mol. The van der Waals surface area contributed by atoms with E-state index in [4.69, 9.17) is 34.8 Å². The lowest BCUT2D eigenvalue weighted by Gasteiger charge is -2.16. The summed E-state index contributed by atoms with van der Waals surface area (Å²) in [6, 6.07) is 4.33. The average molecular weight is 329 g/mol. The zero-order chi connectivity index (χ0) is 13.3. The van der Waals surface area contributed by atoms with Gasteiger partial charge in [-0.2, -0.15) is 4.31 Å². The summed E-state index contributed by atoms with van der Waals surface area (Å²) < 4.78 is 26.2. The lowest BCUT2D eigenvalue weighted by molar-refractivity contribution is 0.465. The molecule has 7 heteroatoms. The molecule has 1 atom stereocenters. The van der Waals surface area contributed by atoms with Gasteiger partial charge in [0.05, 0.1) is 4.90 Å². The fourth-order valence-electron chi connectivity index (χ4n) is 1.97. The Morgan fingerprint density at radius 1 is 1.22 bits per heavy atom. The van der Waals surface area contributed by atoms with Crippen LogP contribution in [0.15, 0.2) is 23.1 Å². The molecule has 0 spiro atoms. The van der Waals surface area contributed by atoms with Crippen molar-refractivity contribution in [3.05, 3.63) is 28.2 Å². The third-order valence-electron chi connectivity index (χ3n) is 2.94. The molecule has 1 aliphatic rings. The molecule has 0 aliphatic carbocycles. The predicted octanol–water partition coefficient (Wildman–Crippen LogP) is 3.24. The Balaban J connectivity index is 2.31. The largest absolute Gasteiger partial charge is 0.243 e. The van der Waals surface area contributed by atoms with E-state index in [1.165, 1.54) is 22.5 Å². The van der Waals surface area contributed by atoms with Gasteiger partial charge in [0, 0.05) is 29.0 Å². The highest BCUT2D eigenvalue weighted by molar-refractivity contribution is 7.89. The van der Waals surface area contributed by atoms with Crippen LogP contribution in [0, 0.1) is 5.92 Å². The number of hydrogen-bond acceptors (Lipinski definition) is 2. The zero-order valence-corrected chi connectivity index (χ0v) is 12.5. The van der Waals surface area contributed by atoms with Crippen molar-refractivity contribution in [2.24, 2.45) is 5.92 Å². The number of hydrogen-bond donors (Lipinski definition) is 0. The number of halogens is 3. The van der Waals surface area contributed by atoms with E-state index < -0.39 is 10.0 Å². The van der Waals surface area contributed by atoms with Gasteiger partial charge in [-0.3, -0.25) is 0 Å². The fourth-order valence-corrected chi connectivity index (χ4v) is 4.48. The molecule has 1 aromatic carbocycles. The SMILES string of the molecule is O=S(=O)(c1cc(Cl)cc(Cl)c1)N1CCC(CCl)C1. The van der Waals surface area contributed by atoms with Gasteiger partial charge in [0.1, 0.15) is 0 Å². The highest BCUT2D eigenvalue weighted by Crippen LogP contribution is 2.28. The quantitative estimate of drug-likeness (QED) is 0.799. The summed E-state index contributed by atoms with van der Waals surface area (Å²) in [6.45, 7) is 0.944. The molecule has 1 unspecified atom stereocenters. The van der Waals surface area contributed by atoms with Crippen LogP contribution in [0.5, 0.6) is 0 Å². The summed E-state index contributed by atoms with van der Waals surface area (Å²) in [5.74, 6) is 0.693.